The first-order valence-corrected chi connectivity index (χ1v) is 4.22. The van der Waals surface area contributed by atoms with Crippen LogP contribution in [0.1, 0.15) is 5.56 Å². The van der Waals surface area contributed by atoms with Gasteiger partial charge < -0.3 is 5.11 Å². The molecule has 72 valence electrons. The number of aliphatic carboxylic acids is 1. The Labute approximate surface area is 85.6 Å². The fourth-order valence-corrected chi connectivity index (χ4v) is 1.21. The fraction of sp³-hybridized carbons (Fsp3) is 0. The van der Waals surface area contributed by atoms with Crippen LogP contribution in [0.25, 0.3) is 11.0 Å². The topological polar surface area (TPSA) is 63.1 Å². The van der Waals surface area contributed by atoms with Gasteiger partial charge in [0.25, 0.3) is 0 Å². The van der Waals surface area contributed by atoms with Gasteiger partial charge in [-0.1, -0.05) is 12.0 Å². The van der Waals surface area contributed by atoms with Crippen LogP contribution >= 0.6 is 0 Å². The molecule has 0 fully saturated rings. The molecular weight excluding hydrogens is 192 g/mol. The lowest BCUT2D eigenvalue weighted by atomic mass is 10.2. The smallest absolute Gasteiger partial charge is 0.382 e. The Morgan fingerprint density at radius 3 is 2.87 bits per heavy atom. The predicted molar refractivity (Wildman–Crippen MR) is 54.1 cm³/mol. The average molecular weight is 198 g/mol. The molecular formula is C11H6N2O2. The number of benzene rings is 1. The third kappa shape index (κ3) is 1.92. The van der Waals surface area contributed by atoms with Gasteiger partial charge in [-0.05, 0) is 12.1 Å². The van der Waals surface area contributed by atoms with Crippen molar-refractivity contribution in [2.24, 2.45) is 0 Å². The van der Waals surface area contributed by atoms with Crippen LogP contribution in [-0.2, 0) is 4.79 Å². The number of nitrogens with zero attached hydrogens (tertiary/aromatic N) is 2. The zero-order chi connectivity index (χ0) is 10.7. The van der Waals surface area contributed by atoms with Gasteiger partial charge in [-0.3, -0.25) is 9.97 Å². The van der Waals surface area contributed by atoms with E-state index in [0.29, 0.717) is 16.6 Å². The minimum absolute atomic E-state index is 0.572. The second-order valence-electron chi connectivity index (χ2n) is 2.78. The van der Waals surface area contributed by atoms with Gasteiger partial charge in [0.2, 0.25) is 0 Å². The molecule has 0 atom stereocenters. The summed E-state index contributed by atoms with van der Waals surface area (Å²) in [4.78, 5) is 18.5. The van der Waals surface area contributed by atoms with Crippen molar-refractivity contribution in [3.8, 4) is 11.8 Å². The first-order valence-electron chi connectivity index (χ1n) is 4.22. The summed E-state index contributed by atoms with van der Waals surface area (Å²) < 4.78 is 0. The van der Waals surface area contributed by atoms with Crippen LogP contribution in [-0.4, -0.2) is 21.0 Å². The molecule has 1 aromatic carbocycles. The minimum atomic E-state index is -1.16. The summed E-state index contributed by atoms with van der Waals surface area (Å²) >= 11 is 0. The zero-order valence-electron chi connectivity index (χ0n) is 7.64. The Bertz CT molecular complexity index is 576. The van der Waals surface area contributed by atoms with Crippen LogP contribution in [0, 0.1) is 11.8 Å². The Balaban J connectivity index is 2.63. The number of aromatic nitrogens is 2. The Hall–Kier alpha value is -2.41. The summed E-state index contributed by atoms with van der Waals surface area (Å²) in [7, 11) is 0. The molecule has 0 spiro atoms. The van der Waals surface area contributed by atoms with Crippen LogP contribution in [0.2, 0.25) is 0 Å². The highest BCUT2D eigenvalue weighted by atomic mass is 16.4. The largest absolute Gasteiger partial charge is 0.472 e. The van der Waals surface area contributed by atoms with Gasteiger partial charge in [0, 0.05) is 18.3 Å². The third-order valence-electron chi connectivity index (χ3n) is 1.80. The van der Waals surface area contributed by atoms with Gasteiger partial charge in [-0.25, -0.2) is 4.79 Å². The Kier molecular flexibility index (Phi) is 2.30. The van der Waals surface area contributed by atoms with Crippen LogP contribution < -0.4 is 0 Å². The second kappa shape index (κ2) is 3.76. The van der Waals surface area contributed by atoms with E-state index < -0.39 is 5.97 Å². The highest BCUT2D eigenvalue weighted by Gasteiger charge is 1.99. The number of hydrogen-bond donors (Lipinski definition) is 1. The molecule has 1 aromatic heterocycles. The summed E-state index contributed by atoms with van der Waals surface area (Å²) in [6.45, 7) is 0. The average Bonchev–Trinajstić information content (AvgIpc) is 2.26. The SMILES string of the molecule is O=C(O)C#Cc1cccc2nccnc12. The summed E-state index contributed by atoms with van der Waals surface area (Å²) in [6.07, 6.45) is 3.13. The first-order chi connectivity index (χ1) is 7.27. The van der Waals surface area contributed by atoms with Gasteiger partial charge in [0.15, 0.2) is 0 Å². The summed E-state index contributed by atoms with van der Waals surface area (Å²) in [5.74, 6) is 3.43. The second-order valence-corrected chi connectivity index (χ2v) is 2.78. The van der Waals surface area contributed by atoms with Gasteiger partial charge in [-0.2, -0.15) is 0 Å². The summed E-state index contributed by atoms with van der Waals surface area (Å²) in [5, 5.41) is 8.44. The number of hydrogen-bond acceptors (Lipinski definition) is 3. The molecule has 0 unspecified atom stereocenters. The minimum Gasteiger partial charge on any atom is -0.472 e. The van der Waals surface area contributed by atoms with Crippen molar-refractivity contribution in [1.82, 2.24) is 9.97 Å². The maximum absolute atomic E-state index is 10.3. The number of para-hydroxylation sites is 1. The monoisotopic (exact) mass is 198 g/mol. The molecule has 4 nitrogen and oxygen atoms in total. The van der Waals surface area contributed by atoms with E-state index in [4.69, 9.17) is 5.11 Å². The molecule has 0 saturated carbocycles. The van der Waals surface area contributed by atoms with E-state index >= 15 is 0 Å². The van der Waals surface area contributed by atoms with E-state index in [0.717, 1.165) is 0 Å². The van der Waals surface area contributed by atoms with E-state index in [1.807, 2.05) is 0 Å². The van der Waals surface area contributed by atoms with Crippen LogP contribution in [0.5, 0.6) is 0 Å². The van der Waals surface area contributed by atoms with Gasteiger partial charge in [-0.15, -0.1) is 0 Å². The highest BCUT2D eigenvalue weighted by molar-refractivity contribution is 5.89. The molecule has 0 aliphatic carbocycles. The van der Waals surface area contributed by atoms with Crippen molar-refractivity contribution in [3.63, 3.8) is 0 Å². The number of carbonyl (C=O) groups is 1. The number of carboxylic acid groups (broad SMARTS) is 1. The number of fused-ring (bicyclic) bond motifs is 1. The van der Waals surface area contributed by atoms with Crippen LogP contribution in [0.4, 0.5) is 0 Å². The lowest BCUT2D eigenvalue weighted by molar-refractivity contribution is -0.130. The maximum Gasteiger partial charge on any atom is 0.382 e. The summed E-state index contributed by atoms with van der Waals surface area (Å²) in [6, 6.07) is 5.28. The molecule has 4 heteroatoms. The summed E-state index contributed by atoms with van der Waals surface area (Å²) in [5.41, 5.74) is 1.89. The van der Waals surface area contributed by atoms with Crippen molar-refractivity contribution < 1.29 is 9.90 Å². The molecule has 1 heterocycles. The van der Waals surface area contributed by atoms with E-state index in [1.54, 1.807) is 30.6 Å². The molecule has 2 rings (SSSR count). The lowest BCUT2D eigenvalue weighted by Gasteiger charge is -1.96. The van der Waals surface area contributed by atoms with E-state index in [1.165, 1.54) is 0 Å². The number of rotatable bonds is 0. The molecule has 0 saturated heterocycles. The highest BCUT2D eigenvalue weighted by Crippen LogP contribution is 2.11. The van der Waals surface area contributed by atoms with Gasteiger partial charge >= 0.3 is 5.97 Å². The Morgan fingerprint density at radius 1 is 1.27 bits per heavy atom. The van der Waals surface area contributed by atoms with Crippen molar-refractivity contribution in [3.05, 3.63) is 36.2 Å². The molecule has 1 N–H and O–H groups in total. The molecule has 0 aliphatic heterocycles. The molecule has 0 aliphatic rings. The predicted octanol–water partition coefficient (Wildman–Crippen LogP) is 1.07. The Morgan fingerprint density at radius 2 is 2.07 bits per heavy atom. The fourth-order valence-electron chi connectivity index (χ4n) is 1.21. The molecule has 2 aromatic rings. The van der Waals surface area contributed by atoms with Crippen LogP contribution in [0.3, 0.4) is 0 Å². The lowest BCUT2D eigenvalue weighted by Crippen LogP contribution is -1.89. The van der Waals surface area contributed by atoms with E-state index in [9.17, 15) is 4.79 Å². The van der Waals surface area contributed by atoms with Crippen LogP contribution in [0.15, 0.2) is 30.6 Å². The maximum atomic E-state index is 10.3. The standard InChI is InChI=1S/C11H6N2O2/c14-10(15)5-4-8-2-1-3-9-11(8)13-7-6-12-9/h1-3,6-7H,(H,14,15). The molecule has 0 amide bonds. The van der Waals surface area contributed by atoms with Gasteiger partial charge in [0.05, 0.1) is 11.1 Å². The number of carboxylic acids is 1. The van der Waals surface area contributed by atoms with Crippen molar-refractivity contribution in [2.75, 3.05) is 0 Å². The molecule has 0 radical (unpaired) electrons. The molecule has 0 bridgehead atoms. The van der Waals surface area contributed by atoms with Crippen molar-refractivity contribution in [1.29, 1.82) is 0 Å². The van der Waals surface area contributed by atoms with Crippen molar-refractivity contribution in [2.45, 2.75) is 0 Å². The van der Waals surface area contributed by atoms with E-state index in [2.05, 4.69) is 21.8 Å². The van der Waals surface area contributed by atoms with E-state index in [-0.39, 0.29) is 0 Å². The first kappa shape index (κ1) is 9.16. The third-order valence-corrected chi connectivity index (χ3v) is 1.80. The zero-order valence-corrected chi connectivity index (χ0v) is 7.64. The van der Waals surface area contributed by atoms with Gasteiger partial charge in [0.1, 0.15) is 5.52 Å². The normalized spacial score (nSPS) is 9.33. The molecule has 15 heavy (non-hydrogen) atoms. The quantitative estimate of drug-likeness (QED) is 0.643. The van der Waals surface area contributed by atoms with Crippen molar-refractivity contribution >= 4 is 17.0 Å².